The zero-order chi connectivity index (χ0) is 9.69. The van der Waals surface area contributed by atoms with Crippen LogP contribution >= 0.6 is 0 Å². The van der Waals surface area contributed by atoms with E-state index in [9.17, 15) is 8.78 Å². The van der Waals surface area contributed by atoms with E-state index in [0.717, 1.165) is 12.8 Å². The van der Waals surface area contributed by atoms with Crippen molar-refractivity contribution in [2.24, 2.45) is 23.0 Å². The van der Waals surface area contributed by atoms with Crippen molar-refractivity contribution < 1.29 is 8.78 Å². The number of nitrogens with two attached hydrogens (primary N) is 1. The first-order valence-electron chi connectivity index (χ1n) is 5.15. The maximum absolute atomic E-state index is 13.5. The number of halogens is 2. The summed E-state index contributed by atoms with van der Waals surface area (Å²) in [4.78, 5) is 0. The molecule has 2 aliphatic rings. The normalized spacial score (nSPS) is 43.8. The van der Waals surface area contributed by atoms with E-state index in [1.54, 1.807) is 0 Å². The summed E-state index contributed by atoms with van der Waals surface area (Å²) in [6.07, 6.45) is 3.32. The van der Waals surface area contributed by atoms with Crippen molar-refractivity contribution in [2.75, 3.05) is 6.54 Å². The first-order valence-corrected chi connectivity index (χ1v) is 5.15. The molecule has 1 nitrogen and oxygen atoms in total. The van der Waals surface area contributed by atoms with E-state index in [1.165, 1.54) is 0 Å². The number of hydrogen-bond acceptors (Lipinski definition) is 1. The molecule has 0 heterocycles. The maximum Gasteiger partial charge on any atom is 0.257 e. The van der Waals surface area contributed by atoms with Crippen LogP contribution in [0.25, 0.3) is 0 Å². The van der Waals surface area contributed by atoms with Gasteiger partial charge in [0, 0.05) is 11.3 Å². The average molecular weight is 189 g/mol. The molecule has 0 amide bonds. The fourth-order valence-corrected chi connectivity index (χ4v) is 3.23. The lowest BCUT2D eigenvalue weighted by Crippen LogP contribution is -2.28. The Hall–Kier alpha value is -0.180. The fourth-order valence-electron chi connectivity index (χ4n) is 3.23. The van der Waals surface area contributed by atoms with E-state index < -0.39 is 11.3 Å². The Bertz CT molecular complexity index is 217. The molecular formula is C10H17F2N. The summed E-state index contributed by atoms with van der Waals surface area (Å²) in [5, 5.41) is 0. The maximum atomic E-state index is 13.5. The second-order valence-electron chi connectivity index (χ2n) is 4.60. The van der Waals surface area contributed by atoms with Crippen LogP contribution in [-0.4, -0.2) is 12.5 Å². The van der Waals surface area contributed by atoms with Gasteiger partial charge in [0.2, 0.25) is 0 Å². The molecule has 76 valence electrons. The monoisotopic (exact) mass is 189 g/mol. The molecule has 3 unspecified atom stereocenters. The Morgan fingerprint density at radius 3 is 2.69 bits per heavy atom. The molecule has 2 fully saturated rings. The van der Waals surface area contributed by atoms with Gasteiger partial charge in [-0.15, -0.1) is 0 Å². The Kier molecular flexibility index (Phi) is 1.92. The van der Waals surface area contributed by atoms with Crippen molar-refractivity contribution in [3.63, 3.8) is 0 Å². The van der Waals surface area contributed by atoms with Gasteiger partial charge < -0.3 is 5.73 Å². The fraction of sp³-hybridized carbons (Fsp3) is 1.00. The molecule has 2 aliphatic carbocycles. The van der Waals surface area contributed by atoms with Gasteiger partial charge >= 0.3 is 0 Å². The van der Waals surface area contributed by atoms with Crippen LogP contribution < -0.4 is 5.73 Å². The van der Waals surface area contributed by atoms with E-state index in [2.05, 4.69) is 0 Å². The molecule has 2 saturated carbocycles. The molecule has 0 aromatic carbocycles. The third kappa shape index (κ3) is 0.940. The molecule has 2 N–H and O–H groups in total. The molecule has 3 atom stereocenters. The third-order valence-corrected chi connectivity index (χ3v) is 4.16. The van der Waals surface area contributed by atoms with E-state index in [-0.39, 0.29) is 11.8 Å². The smallest absolute Gasteiger partial charge is 0.257 e. The van der Waals surface area contributed by atoms with Crippen LogP contribution in [-0.2, 0) is 0 Å². The molecule has 0 aliphatic heterocycles. The van der Waals surface area contributed by atoms with Gasteiger partial charge in [0.05, 0.1) is 0 Å². The van der Waals surface area contributed by atoms with Crippen molar-refractivity contribution >= 4 is 0 Å². The quantitative estimate of drug-likeness (QED) is 0.709. The topological polar surface area (TPSA) is 26.0 Å². The van der Waals surface area contributed by atoms with Crippen LogP contribution in [0, 0.1) is 17.3 Å². The van der Waals surface area contributed by atoms with Crippen LogP contribution in [0.2, 0.25) is 0 Å². The standard InChI is InChI=1S/C10H17F2N/c1-7(6-13)9-5-3-2-4-8(9)10(9,11)12/h7-8H,2-6,13H2,1H3. The number of hydrogen-bond donors (Lipinski definition) is 1. The third-order valence-electron chi connectivity index (χ3n) is 4.16. The summed E-state index contributed by atoms with van der Waals surface area (Å²) in [6, 6.07) is 0. The van der Waals surface area contributed by atoms with Gasteiger partial charge in [0.1, 0.15) is 0 Å². The van der Waals surface area contributed by atoms with Gasteiger partial charge in [-0.3, -0.25) is 0 Å². The minimum absolute atomic E-state index is 0.0206. The van der Waals surface area contributed by atoms with Crippen LogP contribution in [0.3, 0.4) is 0 Å². The lowest BCUT2D eigenvalue weighted by atomic mass is 9.79. The Morgan fingerprint density at radius 1 is 1.46 bits per heavy atom. The minimum atomic E-state index is -2.41. The van der Waals surface area contributed by atoms with E-state index in [0.29, 0.717) is 19.4 Å². The Labute approximate surface area is 77.7 Å². The molecule has 0 saturated heterocycles. The molecule has 0 aromatic rings. The van der Waals surface area contributed by atoms with Gasteiger partial charge in [0.15, 0.2) is 0 Å². The van der Waals surface area contributed by atoms with E-state index in [4.69, 9.17) is 5.73 Å². The molecule has 0 radical (unpaired) electrons. The molecule has 2 rings (SSSR count). The van der Waals surface area contributed by atoms with Crippen LogP contribution in [0.15, 0.2) is 0 Å². The van der Waals surface area contributed by atoms with Crippen LogP contribution in [0.4, 0.5) is 8.78 Å². The van der Waals surface area contributed by atoms with Crippen molar-refractivity contribution in [1.29, 1.82) is 0 Å². The highest BCUT2D eigenvalue weighted by atomic mass is 19.3. The van der Waals surface area contributed by atoms with Gasteiger partial charge in [-0.05, 0) is 25.3 Å². The molecule has 0 bridgehead atoms. The number of fused-ring (bicyclic) bond motifs is 1. The van der Waals surface area contributed by atoms with Crippen molar-refractivity contribution in [2.45, 2.75) is 38.5 Å². The molecule has 3 heteroatoms. The van der Waals surface area contributed by atoms with Crippen molar-refractivity contribution in [1.82, 2.24) is 0 Å². The number of rotatable bonds is 2. The molecular weight excluding hydrogens is 172 g/mol. The summed E-state index contributed by atoms with van der Waals surface area (Å²) in [7, 11) is 0. The second-order valence-corrected chi connectivity index (χ2v) is 4.60. The Morgan fingerprint density at radius 2 is 2.15 bits per heavy atom. The summed E-state index contributed by atoms with van der Waals surface area (Å²) < 4.78 is 27.1. The molecule has 13 heavy (non-hydrogen) atoms. The van der Waals surface area contributed by atoms with E-state index >= 15 is 0 Å². The van der Waals surface area contributed by atoms with Gasteiger partial charge in [-0.2, -0.15) is 0 Å². The average Bonchev–Trinajstić information content (AvgIpc) is 2.65. The minimum Gasteiger partial charge on any atom is -0.330 e. The van der Waals surface area contributed by atoms with Crippen LogP contribution in [0.1, 0.15) is 32.6 Å². The predicted octanol–water partition coefficient (Wildman–Crippen LogP) is 2.41. The zero-order valence-electron chi connectivity index (χ0n) is 8.02. The lowest BCUT2D eigenvalue weighted by molar-refractivity contribution is 0.0375. The van der Waals surface area contributed by atoms with Crippen molar-refractivity contribution in [3.8, 4) is 0 Å². The largest absolute Gasteiger partial charge is 0.330 e. The Balaban J connectivity index is 2.21. The highest BCUT2D eigenvalue weighted by Crippen LogP contribution is 2.75. The van der Waals surface area contributed by atoms with Gasteiger partial charge in [-0.1, -0.05) is 19.8 Å². The molecule has 0 spiro atoms. The highest BCUT2D eigenvalue weighted by Gasteiger charge is 2.81. The highest BCUT2D eigenvalue weighted by molar-refractivity contribution is 5.21. The SMILES string of the molecule is CC(CN)C12CCCCC1C2(F)F. The summed E-state index contributed by atoms with van der Waals surface area (Å²) >= 11 is 0. The second kappa shape index (κ2) is 2.66. The van der Waals surface area contributed by atoms with Gasteiger partial charge in [-0.25, -0.2) is 8.78 Å². The van der Waals surface area contributed by atoms with Crippen LogP contribution in [0.5, 0.6) is 0 Å². The summed E-state index contributed by atoms with van der Waals surface area (Å²) in [6.45, 7) is 2.27. The van der Waals surface area contributed by atoms with E-state index in [1.807, 2.05) is 6.92 Å². The number of alkyl halides is 2. The van der Waals surface area contributed by atoms with Gasteiger partial charge in [0.25, 0.3) is 5.92 Å². The summed E-state index contributed by atoms with van der Waals surface area (Å²) in [5.41, 5.74) is 4.79. The first-order chi connectivity index (χ1) is 6.07. The first kappa shape index (κ1) is 9.38. The summed E-state index contributed by atoms with van der Waals surface area (Å²) in [5.74, 6) is -2.79. The molecule has 0 aromatic heterocycles. The zero-order valence-corrected chi connectivity index (χ0v) is 8.02. The lowest BCUT2D eigenvalue weighted by Gasteiger charge is -2.25. The predicted molar refractivity (Wildman–Crippen MR) is 47.6 cm³/mol. The van der Waals surface area contributed by atoms with Crippen molar-refractivity contribution in [3.05, 3.63) is 0 Å².